The van der Waals surface area contributed by atoms with Crippen molar-refractivity contribution >= 4 is 11.9 Å². The van der Waals surface area contributed by atoms with Crippen molar-refractivity contribution in [2.45, 2.75) is 38.6 Å². The number of carboxylic acid groups (broad SMARTS) is 2. The van der Waals surface area contributed by atoms with Gasteiger partial charge in [0.2, 0.25) is 0 Å². The molecule has 0 aromatic carbocycles. The minimum absolute atomic E-state index is 0.755. The molecule has 0 aliphatic rings. The van der Waals surface area contributed by atoms with Crippen molar-refractivity contribution in [3.05, 3.63) is 0 Å². The Morgan fingerprint density at radius 1 is 1.07 bits per heavy atom. The molecule has 0 heterocycles. The SMILES string of the molecule is CO[C@H](C(=O)O)[C@H](OC(C)(C)C)C(=O)O. The summed E-state index contributed by atoms with van der Waals surface area (Å²) >= 11 is 0. The number of hydrogen-bond acceptors (Lipinski definition) is 4. The highest BCUT2D eigenvalue weighted by Crippen LogP contribution is 2.15. The number of carbonyl (C=O) groups is 2. The number of aliphatic carboxylic acids is 2. The average molecular weight is 220 g/mol. The number of hydrogen-bond donors (Lipinski definition) is 2. The Bertz CT molecular complexity index is 241. The Hall–Kier alpha value is -1.14. The van der Waals surface area contributed by atoms with E-state index in [0.717, 1.165) is 7.11 Å². The molecular weight excluding hydrogens is 204 g/mol. The van der Waals surface area contributed by atoms with Gasteiger partial charge in [-0.3, -0.25) is 0 Å². The first-order valence-electron chi connectivity index (χ1n) is 4.35. The van der Waals surface area contributed by atoms with E-state index in [4.69, 9.17) is 14.9 Å². The van der Waals surface area contributed by atoms with E-state index < -0.39 is 29.7 Å². The summed E-state index contributed by atoms with van der Waals surface area (Å²) in [6.07, 6.45) is -3.03. The number of methoxy groups -OCH3 is 1. The Balaban J connectivity index is 4.79. The van der Waals surface area contributed by atoms with Crippen LogP contribution in [0.15, 0.2) is 0 Å². The lowest BCUT2D eigenvalue weighted by molar-refractivity contribution is -0.185. The standard InChI is InChI=1S/C9H16O6/c1-9(2,3)15-6(8(12)13)5(14-4)7(10)11/h5-6H,1-4H3,(H,10,11)(H,12,13)/t5-,6-/m0/s1. The fourth-order valence-electron chi connectivity index (χ4n) is 0.977. The van der Waals surface area contributed by atoms with Crippen molar-refractivity contribution in [1.29, 1.82) is 0 Å². The van der Waals surface area contributed by atoms with E-state index in [9.17, 15) is 9.59 Å². The second-order valence-corrected chi connectivity index (χ2v) is 3.98. The van der Waals surface area contributed by atoms with Gasteiger partial charge in [-0.15, -0.1) is 0 Å². The third-order valence-electron chi connectivity index (χ3n) is 1.50. The van der Waals surface area contributed by atoms with Crippen molar-refractivity contribution < 1.29 is 29.3 Å². The first kappa shape index (κ1) is 13.9. The highest BCUT2D eigenvalue weighted by molar-refractivity contribution is 5.83. The molecule has 0 radical (unpaired) electrons. The van der Waals surface area contributed by atoms with E-state index in [1.807, 2.05) is 0 Å². The molecule has 0 aromatic heterocycles. The van der Waals surface area contributed by atoms with Gasteiger partial charge in [-0.25, -0.2) is 9.59 Å². The summed E-state index contributed by atoms with van der Waals surface area (Å²) in [6.45, 7) is 4.91. The lowest BCUT2D eigenvalue weighted by atomic mass is 10.1. The van der Waals surface area contributed by atoms with E-state index in [2.05, 4.69) is 4.74 Å². The van der Waals surface area contributed by atoms with Crippen LogP contribution in [0.2, 0.25) is 0 Å². The van der Waals surface area contributed by atoms with Crippen LogP contribution < -0.4 is 0 Å². The molecule has 6 heteroatoms. The van der Waals surface area contributed by atoms with Crippen molar-refractivity contribution in [2.75, 3.05) is 7.11 Å². The van der Waals surface area contributed by atoms with Gasteiger partial charge in [0, 0.05) is 7.11 Å². The van der Waals surface area contributed by atoms with Crippen molar-refractivity contribution in [2.24, 2.45) is 0 Å². The second kappa shape index (κ2) is 5.09. The maximum absolute atomic E-state index is 10.8. The van der Waals surface area contributed by atoms with Crippen LogP contribution in [0.3, 0.4) is 0 Å². The fourth-order valence-corrected chi connectivity index (χ4v) is 0.977. The minimum Gasteiger partial charge on any atom is -0.479 e. The normalized spacial score (nSPS) is 15.7. The Labute approximate surface area is 87.8 Å². The van der Waals surface area contributed by atoms with E-state index in [1.165, 1.54) is 0 Å². The quantitative estimate of drug-likeness (QED) is 0.694. The van der Waals surface area contributed by atoms with E-state index >= 15 is 0 Å². The Kier molecular flexibility index (Phi) is 4.70. The van der Waals surface area contributed by atoms with Gasteiger partial charge in [0.05, 0.1) is 5.60 Å². The fraction of sp³-hybridized carbons (Fsp3) is 0.778. The third-order valence-corrected chi connectivity index (χ3v) is 1.50. The summed E-state index contributed by atoms with van der Waals surface area (Å²) in [5.74, 6) is -2.73. The summed E-state index contributed by atoms with van der Waals surface area (Å²) in [7, 11) is 1.13. The summed E-state index contributed by atoms with van der Waals surface area (Å²) in [6, 6.07) is 0. The molecule has 0 saturated carbocycles. The first-order chi connectivity index (χ1) is 6.69. The van der Waals surface area contributed by atoms with Gasteiger partial charge in [-0.1, -0.05) is 0 Å². The molecule has 0 unspecified atom stereocenters. The summed E-state index contributed by atoms with van der Waals surface area (Å²) in [4.78, 5) is 21.5. The van der Waals surface area contributed by atoms with Crippen molar-refractivity contribution in [1.82, 2.24) is 0 Å². The molecule has 0 bridgehead atoms. The van der Waals surface area contributed by atoms with Gasteiger partial charge in [-0.2, -0.15) is 0 Å². The van der Waals surface area contributed by atoms with Gasteiger partial charge in [-0.05, 0) is 20.8 Å². The maximum atomic E-state index is 10.8. The smallest absolute Gasteiger partial charge is 0.336 e. The average Bonchev–Trinajstić information content (AvgIpc) is 2.00. The molecule has 2 atom stereocenters. The van der Waals surface area contributed by atoms with E-state index in [-0.39, 0.29) is 0 Å². The summed E-state index contributed by atoms with van der Waals surface area (Å²) < 4.78 is 9.68. The summed E-state index contributed by atoms with van der Waals surface area (Å²) in [5, 5.41) is 17.5. The molecule has 0 spiro atoms. The van der Waals surface area contributed by atoms with Crippen LogP contribution in [0.4, 0.5) is 0 Å². The zero-order valence-electron chi connectivity index (χ0n) is 9.18. The number of ether oxygens (including phenoxy) is 2. The van der Waals surface area contributed by atoms with Gasteiger partial charge in [0.1, 0.15) is 0 Å². The van der Waals surface area contributed by atoms with Gasteiger partial charge < -0.3 is 19.7 Å². The van der Waals surface area contributed by atoms with Crippen LogP contribution in [-0.4, -0.2) is 47.1 Å². The summed E-state index contributed by atoms with van der Waals surface area (Å²) in [5.41, 5.74) is -0.755. The van der Waals surface area contributed by atoms with E-state index in [1.54, 1.807) is 20.8 Å². The molecule has 0 amide bonds. The number of rotatable bonds is 5. The van der Waals surface area contributed by atoms with Crippen LogP contribution in [0.25, 0.3) is 0 Å². The molecule has 6 nitrogen and oxygen atoms in total. The highest BCUT2D eigenvalue weighted by atomic mass is 16.6. The lowest BCUT2D eigenvalue weighted by Crippen LogP contribution is -2.46. The molecule has 2 N–H and O–H groups in total. The van der Waals surface area contributed by atoms with Crippen LogP contribution >= 0.6 is 0 Å². The Morgan fingerprint density at radius 2 is 1.47 bits per heavy atom. The predicted octanol–water partition coefficient (Wildman–Crippen LogP) is 0.354. The maximum Gasteiger partial charge on any atom is 0.336 e. The molecule has 0 aliphatic heterocycles. The monoisotopic (exact) mass is 220 g/mol. The number of carboxylic acids is 2. The van der Waals surface area contributed by atoms with Crippen LogP contribution in [0.5, 0.6) is 0 Å². The molecule has 0 fully saturated rings. The molecule has 0 aromatic rings. The third kappa shape index (κ3) is 4.75. The predicted molar refractivity (Wildman–Crippen MR) is 50.7 cm³/mol. The largest absolute Gasteiger partial charge is 0.479 e. The second-order valence-electron chi connectivity index (χ2n) is 3.98. The first-order valence-corrected chi connectivity index (χ1v) is 4.35. The molecule has 0 saturated heterocycles. The highest BCUT2D eigenvalue weighted by Gasteiger charge is 2.37. The molecule has 88 valence electrons. The zero-order chi connectivity index (χ0) is 12.2. The topological polar surface area (TPSA) is 93.1 Å². The van der Waals surface area contributed by atoms with Gasteiger partial charge >= 0.3 is 11.9 Å². The lowest BCUT2D eigenvalue weighted by Gasteiger charge is -2.27. The van der Waals surface area contributed by atoms with Gasteiger partial charge in [0.25, 0.3) is 0 Å². The minimum atomic E-state index is -1.52. The zero-order valence-corrected chi connectivity index (χ0v) is 9.18. The Morgan fingerprint density at radius 3 is 1.67 bits per heavy atom. The molecule has 15 heavy (non-hydrogen) atoms. The molecule has 0 rings (SSSR count). The van der Waals surface area contributed by atoms with Crippen LogP contribution in [0, 0.1) is 0 Å². The van der Waals surface area contributed by atoms with Crippen LogP contribution in [0.1, 0.15) is 20.8 Å². The van der Waals surface area contributed by atoms with Crippen molar-refractivity contribution in [3.63, 3.8) is 0 Å². The molecule has 0 aliphatic carbocycles. The van der Waals surface area contributed by atoms with Crippen LogP contribution in [-0.2, 0) is 19.1 Å². The van der Waals surface area contributed by atoms with Crippen molar-refractivity contribution in [3.8, 4) is 0 Å². The van der Waals surface area contributed by atoms with Gasteiger partial charge in [0.15, 0.2) is 12.2 Å². The van der Waals surface area contributed by atoms with E-state index in [0.29, 0.717) is 0 Å². The molecular formula is C9H16O6.